The molecule has 1 aromatic heterocycles. The lowest BCUT2D eigenvalue weighted by Crippen LogP contribution is -2.41. The fourth-order valence-electron chi connectivity index (χ4n) is 3.83. The van der Waals surface area contributed by atoms with Gasteiger partial charge < -0.3 is 15.0 Å². The molecule has 2 heterocycles. The van der Waals surface area contributed by atoms with Gasteiger partial charge in [-0.3, -0.25) is 14.7 Å². The van der Waals surface area contributed by atoms with Crippen LogP contribution in [0.5, 0.6) is 0 Å². The minimum absolute atomic E-state index is 0.0104. The molecule has 2 N–H and O–H groups in total. The van der Waals surface area contributed by atoms with Gasteiger partial charge in [0.2, 0.25) is 21.9 Å². The number of carbonyl (C=O) groups is 2. The number of ketones is 1. The third kappa shape index (κ3) is 4.68. The first kappa shape index (κ1) is 23.1. The van der Waals surface area contributed by atoms with E-state index in [0.717, 1.165) is 4.31 Å². The number of aromatic nitrogens is 2. The normalized spacial score (nSPS) is 17.3. The predicted octanol–water partition coefficient (Wildman–Crippen LogP) is 0.820. The van der Waals surface area contributed by atoms with Crippen LogP contribution in [0.15, 0.2) is 40.6 Å². The van der Waals surface area contributed by atoms with E-state index in [1.165, 1.54) is 19.2 Å². The summed E-state index contributed by atoms with van der Waals surface area (Å²) in [5, 5.41) is 8.57. The van der Waals surface area contributed by atoms with Gasteiger partial charge in [-0.1, -0.05) is 0 Å². The van der Waals surface area contributed by atoms with Crippen molar-refractivity contribution in [3.8, 4) is 0 Å². The van der Waals surface area contributed by atoms with Gasteiger partial charge in [0, 0.05) is 25.8 Å². The molecule has 0 unspecified atom stereocenters. The minimum atomic E-state index is -4.14. The number of benzene rings is 1. The van der Waals surface area contributed by atoms with Gasteiger partial charge in [0.25, 0.3) is 0 Å². The van der Waals surface area contributed by atoms with Gasteiger partial charge in [0.1, 0.15) is 10.4 Å². The fourth-order valence-corrected chi connectivity index (χ4v) is 5.19. The largest absolute Gasteiger partial charge is 0.378 e. The van der Waals surface area contributed by atoms with E-state index in [-0.39, 0.29) is 28.0 Å². The molecule has 2 aliphatic rings. The Morgan fingerprint density at radius 3 is 2.73 bits per heavy atom. The number of nitrogens with zero attached hydrogens (tertiary/aromatic N) is 3. The summed E-state index contributed by atoms with van der Waals surface area (Å²) in [5.41, 5.74) is 1.46. The predicted molar refractivity (Wildman–Crippen MR) is 117 cm³/mol. The molecule has 12 heteroatoms. The van der Waals surface area contributed by atoms with Gasteiger partial charge in [0.05, 0.1) is 37.3 Å². The van der Waals surface area contributed by atoms with E-state index in [1.54, 1.807) is 19.1 Å². The van der Waals surface area contributed by atoms with Crippen molar-refractivity contribution in [2.24, 2.45) is 0 Å². The highest BCUT2D eigenvalue weighted by atomic mass is 32.2. The molecular formula is C21H24FN5O5S. The summed E-state index contributed by atoms with van der Waals surface area (Å²) < 4.78 is 46.2. The second-order valence-electron chi connectivity index (χ2n) is 7.95. The molecule has 4 rings (SSSR count). The van der Waals surface area contributed by atoms with E-state index >= 15 is 0 Å². The standard InChI is InChI=1S/C21H24FN5O5S/c1-13-9-15-20(24-25-21(15)22)18(10-13)33(30,31)26(2)12-19(29)23-14-3-4-16(17(28)11-14)27-5-7-32-8-6-27/h3-4,9-10H,5-8,11-12H2,1-2H3,(H,23,29)(H,24,25). The van der Waals surface area contributed by atoms with E-state index in [0.29, 0.717) is 43.3 Å². The summed E-state index contributed by atoms with van der Waals surface area (Å²) in [7, 11) is -2.89. The van der Waals surface area contributed by atoms with Crippen LogP contribution < -0.4 is 5.32 Å². The number of Topliss-reactive ketones (excluding diaryl/α,β-unsaturated/α-hetero) is 1. The Bertz CT molecular complexity index is 1280. The summed E-state index contributed by atoms with van der Waals surface area (Å²) in [6.07, 6.45) is 3.31. The van der Waals surface area contributed by atoms with Gasteiger partial charge in [-0.15, -0.1) is 0 Å². The van der Waals surface area contributed by atoms with E-state index < -0.39 is 28.4 Å². The number of morpholine rings is 1. The summed E-state index contributed by atoms with van der Waals surface area (Å²) >= 11 is 0. The molecule has 1 aliphatic heterocycles. The monoisotopic (exact) mass is 477 g/mol. The van der Waals surface area contributed by atoms with Crippen molar-refractivity contribution in [3.05, 3.63) is 47.2 Å². The summed E-state index contributed by atoms with van der Waals surface area (Å²) in [6, 6.07) is 2.87. The zero-order valence-electron chi connectivity index (χ0n) is 18.2. The second-order valence-corrected chi connectivity index (χ2v) is 9.96. The zero-order chi connectivity index (χ0) is 23.8. The maximum Gasteiger partial charge on any atom is 0.245 e. The molecular weight excluding hydrogens is 453 g/mol. The molecule has 2 aromatic rings. The van der Waals surface area contributed by atoms with Crippen LogP contribution in [-0.2, 0) is 24.3 Å². The molecule has 1 fully saturated rings. The number of rotatable bonds is 6. The Kier molecular flexibility index (Phi) is 6.32. The molecule has 0 saturated carbocycles. The van der Waals surface area contributed by atoms with Crippen molar-refractivity contribution >= 4 is 32.6 Å². The number of ether oxygens (including phenoxy) is 1. The number of allylic oxidation sites excluding steroid dienone is 4. The number of hydrogen-bond donors (Lipinski definition) is 2. The molecule has 0 radical (unpaired) electrons. The molecule has 1 aromatic carbocycles. The number of nitrogens with one attached hydrogen (secondary N) is 2. The first-order valence-electron chi connectivity index (χ1n) is 10.3. The summed E-state index contributed by atoms with van der Waals surface area (Å²) in [6.45, 7) is 3.51. The van der Waals surface area contributed by atoms with Crippen LogP contribution in [0, 0.1) is 12.9 Å². The van der Waals surface area contributed by atoms with Gasteiger partial charge >= 0.3 is 0 Å². The molecule has 0 atom stereocenters. The number of aryl methyl sites for hydroxylation is 1. The Morgan fingerprint density at radius 2 is 2.03 bits per heavy atom. The van der Waals surface area contributed by atoms with Crippen molar-refractivity contribution < 1.29 is 27.1 Å². The van der Waals surface area contributed by atoms with Crippen molar-refractivity contribution in [2.75, 3.05) is 39.9 Å². The third-order valence-electron chi connectivity index (χ3n) is 5.51. The number of hydrogen-bond acceptors (Lipinski definition) is 7. The van der Waals surface area contributed by atoms with Crippen molar-refractivity contribution in [1.82, 2.24) is 24.7 Å². The van der Waals surface area contributed by atoms with Crippen LogP contribution in [0.1, 0.15) is 12.0 Å². The molecule has 0 spiro atoms. The van der Waals surface area contributed by atoms with Crippen LogP contribution in [0.25, 0.3) is 10.9 Å². The molecule has 1 aliphatic carbocycles. The number of sulfonamides is 1. The van der Waals surface area contributed by atoms with Crippen LogP contribution >= 0.6 is 0 Å². The SMILES string of the molecule is Cc1cc(S(=O)(=O)N(C)CC(=O)NC2=CC=C(N3CCOCC3)C(=O)C2)c2n[nH]c(F)c2c1. The second kappa shape index (κ2) is 9.04. The average Bonchev–Trinajstić information content (AvgIpc) is 3.14. The average molecular weight is 478 g/mol. The highest BCUT2D eigenvalue weighted by Crippen LogP contribution is 2.27. The van der Waals surface area contributed by atoms with Crippen LogP contribution in [0.2, 0.25) is 0 Å². The lowest BCUT2D eigenvalue weighted by Gasteiger charge is -2.31. The topological polar surface area (TPSA) is 125 Å². The van der Waals surface area contributed by atoms with E-state index in [2.05, 4.69) is 15.5 Å². The lowest BCUT2D eigenvalue weighted by atomic mass is 10.0. The Balaban J connectivity index is 1.46. The summed E-state index contributed by atoms with van der Waals surface area (Å²) in [4.78, 5) is 26.8. The number of H-pyrrole nitrogens is 1. The molecule has 10 nitrogen and oxygen atoms in total. The molecule has 1 saturated heterocycles. The number of aromatic amines is 1. The van der Waals surface area contributed by atoms with Crippen LogP contribution in [0.4, 0.5) is 4.39 Å². The van der Waals surface area contributed by atoms with Gasteiger partial charge in [-0.25, -0.2) is 8.42 Å². The molecule has 176 valence electrons. The minimum Gasteiger partial charge on any atom is -0.378 e. The van der Waals surface area contributed by atoms with Crippen molar-refractivity contribution in [1.29, 1.82) is 0 Å². The maximum absolute atomic E-state index is 13.9. The van der Waals surface area contributed by atoms with Crippen LogP contribution in [-0.4, -0.2) is 79.4 Å². The van der Waals surface area contributed by atoms with Gasteiger partial charge in [-0.2, -0.15) is 13.8 Å². The summed E-state index contributed by atoms with van der Waals surface area (Å²) in [5.74, 6) is -1.46. The number of fused-ring (bicyclic) bond motifs is 1. The van der Waals surface area contributed by atoms with E-state index in [4.69, 9.17) is 4.74 Å². The third-order valence-corrected chi connectivity index (χ3v) is 7.32. The van der Waals surface area contributed by atoms with E-state index in [1.807, 2.05) is 4.90 Å². The Labute approximate surface area is 190 Å². The molecule has 1 amide bonds. The quantitative estimate of drug-likeness (QED) is 0.631. The highest BCUT2D eigenvalue weighted by Gasteiger charge is 2.28. The number of amides is 1. The smallest absolute Gasteiger partial charge is 0.245 e. The first-order valence-corrected chi connectivity index (χ1v) is 11.8. The van der Waals surface area contributed by atoms with Gasteiger partial charge in [0.15, 0.2) is 5.78 Å². The van der Waals surface area contributed by atoms with Crippen molar-refractivity contribution in [2.45, 2.75) is 18.2 Å². The number of carbonyl (C=O) groups excluding carboxylic acids is 2. The van der Waals surface area contributed by atoms with Gasteiger partial charge in [-0.05, 0) is 36.8 Å². The Morgan fingerprint density at radius 1 is 1.30 bits per heavy atom. The highest BCUT2D eigenvalue weighted by molar-refractivity contribution is 7.89. The number of halogens is 1. The molecule has 0 bridgehead atoms. The first-order chi connectivity index (χ1) is 15.7. The fraction of sp³-hybridized carbons (Fsp3) is 0.381. The van der Waals surface area contributed by atoms with E-state index in [9.17, 15) is 22.4 Å². The number of likely N-dealkylation sites (N-methyl/N-ethyl adjacent to an activating group) is 1. The van der Waals surface area contributed by atoms with Crippen molar-refractivity contribution in [3.63, 3.8) is 0 Å². The van der Waals surface area contributed by atoms with Crippen LogP contribution in [0.3, 0.4) is 0 Å². The zero-order valence-corrected chi connectivity index (χ0v) is 19.0. The maximum atomic E-state index is 13.9. The Hall–Kier alpha value is -3.09. The molecule has 33 heavy (non-hydrogen) atoms. The lowest BCUT2D eigenvalue weighted by molar-refractivity contribution is -0.120.